The number of aliphatic hydroxyl groups excluding tert-OH is 1. The van der Waals surface area contributed by atoms with Crippen molar-refractivity contribution in [3.05, 3.63) is 52.6 Å². The Morgan fingerprint density at radius 3 is 2.82 bits per heavy atom. The third-order valence-corrected chi connectivity index (χ3v) is 7.43. The van der Waals surface area contributed by atoms with Crippen molar-refractivity contribution in [3.63, 3.8) is 0 Å². The number of hydrogen-bond donors (Lipinski definition) is 2. The predicted molar refractivity (Wildman–Crippen MR) is 131 cm³/mol. The number of amides is 1. The Kier molecular flexibility index (Phi) is 7.73. The van der Waals surface area contributed by atoms with Crippen molar-refractivity contribution in [2.45, 2.75) is 70.1 Å². The number of carbonyl (C=O) groups excluding carboxylic acids is 1. The summed E-state index contributed by atoms with van der Waals surface area (Å²) in [6, 6.07) is 10.1. The average molecular weight is 470 g/mol. The third-order valence-electron chi connectivity index (χ3n) is 6.48. The molecule has 1 aliphatic heterocycles. The van der Waals surface area contributed by atoms with Gasteiger partial charge in [-0.15, -0.1) is 11.3 Å². The van der Waals surface area contributed by atoms with E-state index in [1.54, 1.807) is 23.5 Å². The number of aromatic nitrogens is 1. The fourth-order valence-corrected chi connectivity index (χ4v) is 5.69. The minimum absolute atomic E-state index is 0.0357. The molecule has 3 aromatic rings. The van der Waals surface area contributed by atoms with Gasteiger partial charge in [-0.05, 0) is 56.0 Å². The quantitative estimate of drug-likeness (QED) is 0.438. The van der Waals surface area contributed by atoms with Crippen LogP contribution in [0.2, 0.25) is 0 Å². The normalized spacial score (nSPS) is 18.1. The van der Waals surface area contributed by atoms with Crippen LogP contribution in [0.15, 0.2) is 41.8 Å². The van der Waals surface area contributed by atoms with Gasteiger partial charge in [0.2, 0.25) is 5.91 Å². The molecule has 0 spiro atoms. The summed E-state index contributed by atoms with van der Waals surface area (Å²) in [7, 11) is 0. The minimum atomic E-state index is -0.556. The molecule has 0 radical (unpaired) electrons. The summed E-state index contributed by atoms with van der Waals surface area (Å²) in [5.41, 5.74) is 7.95. The van der Waals surface area contributed by atoms with E-state index in [9.17, 15) is 14.3 Å². The Bertz CT molecular complexity index is 1100. The first kappa shape index (κ1) is 23.8. The molecular formula is C26H32FN3O2S. The summed E-state index contributed by atoms with van der Waals surface area (Å²) in [6.45, 7) is 2.73. The van der Waals surface area contributed by atoms with Crippen LogP contribution in [-0.4, -0.2) is 39.6 Å². The maximum Gasteiger partial charge on any atom is 0.240 e. The maximum atomic E-state index is 14.2. The van der Waals surface area contributed by atoms with E-state index in [0.29, 0.717) is 24.8 Å². The van der Waals surface area contributed by atoms with Crippen LogP contribution in [0.3, 0.4) is 0 Å². The van der Waals surface area contributed by atoms with Crippen LogP contribution in [-0.2, 0) is 4.79 Å². The maximum absolute atomic E-state index is 14.2. The molecule has 3 atom stereocenters. The number of nitrogens with zero attached hydrogens (tertiary/aromatic N) is 2. The van der Waals surface area contributed by atoms with Gasteiger partial charge in [-0.2, -0.15) is 0 Å². The van der Waals surface area contributed by atoms with Gasteiger partial charge in [0.15, 0.2) is 0 Å². The van der Waals surface area contributed by atoms with Crippen LogP contribution in [0.4, 0.5) is 4.39 Å². The van der Waals surface area contributed by atoms with Crippen molar-refractivity contribution in [1.29, 1.82) is 0 Å². The molecule has 0 unspecified atom stereocenters. The molecule has 2 heterocycles. The highest BCUT2D eigenvalue weighted by Crippen LogP contribution is 2.37. The molecule has 0 bridgehead atoms. The number of hydrogen-bond acceptors (Lipinski definition) is 5. The SMILES string of the molecule is CCC[C@@H](O)CCC[C@H](N)C(=O)N1CCC[C@H]1c1nc(-c2ccc(F)c3ccccc23)cs1. The Labute approximate surface area is 198 Å². The molecule has 2 aromatic carbocycles. The van der Waals surface area contributed by atoms with Gasteiger partial charge in [0.1, 0.15) is 10.8 Å². The molecule has 5 nitrogen and oxygen atoms in total. The smallest absolute Gasteiger partial charge is 0.240 e. The monoisotopic (exact) mass is 469 g/mol. The number of benzene rings is 2. The number of halogens is 1. The van der Waals surface area contributed by atoms with Gasteiger partial charge in [-0.25, -0.2) is 9.37 Å². The third kappa shape index (κ3) is 5.26. The molecule has 0 aliphatic carbocycles. The Hall–Kier alpha value is -2.35. The molecule has 1 saturated heterocycles. The van der Waals surface area contributed by atoms with Gasteiger partial charge in [-0.3, -0.25) is 4.79 Å². The second-order valence-electron chi connectivity index (χ2n) is 8.88. The summed E-state index contributed by atoms with van der Waals surface area (Å²) >= 11 is 1.54. The lowest BCUT2D eigenvalue weighted by Gasteiger charge is -2.26. The van der Waals surface area contributed by atoms with Crippen molar-refractivity contribution in [1.82, 2.24) is 9.88 Å². The van der Waals surface area contributed by atoms with E-state index in [-0.39, 0.29) is 23.9 Å². The summed E-state index contributed by atoms with van der Waals surface area (Å²) < 4.78 is 14.2. The van der Waals surface area contributed by atoms with E-state index in [4.69, 9.17) is 10.7 Å². The van der Waals surface area contributed by atoms with E-state index in [2.05, 4.69) is 6.92 Å². The molecule has 0 saturated carbocycles. The summed E-state index contributed by atoms with van der Waals surface area (Å²) in [5, 5.41) is 14.2. The van der Waals surface area contributed by atoms with Gasteiger partial charge in [0.25, 0.3) is 0 Å². The van der Waals surface area contributed by atoms with Crippen molar-refractivity contribution in [2.24, 2.45) is 5.73 Å². The van der Waals surface area contributed by atoms with E-state index in [0.717, 1.165) is 53.8 Å². The first-order chi connectivity index (χ1) is 16.0. The summed E-state index contributed by atoms with van der Waals surface area (Å²) in [4.78, 5) is 19.8. The molecule has 176 valence electrons. The second-order valence-corrected chi connectivity index (χ2v) is 9.77. The molecule has 33 heavy (non-hydrogen) atoms. The van der Waals surface area contributed by atoms with Gasteiger partial charge in [-0.1, -0.05) is 37.6 Å². The number of fused-ring (bicyclic) bond motifs is 1. The van der Waals surface area contributed by atoms with E-state index >= 15 is 0 Å². The van der Waals surface area contributed by atoms with Crippen molar-refractivity contribution in [3.8, 4) is 11.3 Å². The van der Waals surface area contributed by atoms with Crippen molar-refractivity contribution in [2.75, 3.05) is 6.54 Å². The molecule has 1 amide bonds. The number of thiazole rings is 1. The fourth-order valence-electron chi connectivity index (χ4n) is 4.72. The van der Waals surface area contributed by atoms with Gasteiger partial charge >= 0.3 is 0 Å². The highest BCUT2D eigenvalue weighted by Gasteiger charge is 2.34. The van der Waals surface area contributed by atoms with Gasteiger partial charge in [0.05, 0.1) is 23.9 Å². The van der Waals surface area contributed by atoms with Crippen LogP contribution in [0.1, 0.15) is 62.9 Å². The first-order valence-corrected chi connectivity index (χ1v) is 12.7. The van der Waals surface area contributed by atoms with E-state index in [1.807, 2.05) is 28.5 Å². The lowest BCUT2D eigenvalue weighted by atomic mass is 10.0. The molecule has 1 aliphatic rings. The zero-order chi connectivity index (χ0) is 23.4. The fraction of sp³-hybridized carbons (Fsp3) is 0.462. The van der Waals surface area contributed by atoms with Crippen molar-refractivity contribution < 1.29 is 14.3 Å². The Morgan fingerprint density at radius 2 is 2.03 bits per heavy atom. The number of carbonyl (C=O) groups is 1. The summed E-state index contributed by atoms with van der Waals surface area (Å²) in [6.07, 6.45) is 5.21. The molecule has 3 N–H and O–H groups in total. The molecule has 1 fully saturated rings. The second kappa shape index (κ2) is 10.7. The number of aliphatic hydroxyl groups is 1. The molecule has 4 rings (SSSR count). The van der Waals surface area contributed by atoms with Crippen LogP contribution in [0, 0.1) is 5.82 Å². The van der Waals surface area contributed by atoms with E-state index in [1.165, 1.54) is 6.07 Å². The zero-order valence-corrected chi connectivity index (χ0v) is 19.9. The van der Waals surface area contributed by atoms with Crippen LogP contribution in [0.5, 0.6) is 0 Å². The number of nitrogens with two attached hydrogens (primary N) is 1. The molecule has 1 aromatic heterocycles. The summed E-state index contributed by atoms with van der Waals surface area (Å²) in [5.74, 6) is -0.278. The molecule has 7 heteroatoms. The Balaban J connectivity index is 1.47. The van der Waals surface area contributed by atoms with Crippen molar-refractivity contribution >= 4 is 28.0 Å². The predicted octanol–water partition coefficient (Wildman–Crippen LogP) is 5.42. The minimum Gasteiger partial charge on any atom is -0.393 e. The topological polar surface area (TPSA) is 79.5 Å². The van der Waals surface area contributed by atoms with Gasteiger partial charge in [0, 0.05) is 22.9 Å². The van der Waals surface area contributed by atoms with Crippen LogP contribution >= 0.6 is 11.3 Å². The largest absolute Gasteiger partial charge is 0.393 e. The van der Waals surface area contributed by atoms with Crippen LogP contribution < -0.4 is 5.73 Å². The number of likely N-dealkylation sites (tertiary alicyclic amines) is 1. The highest BCUT2D eigenvalue weighted by atomic mass is 32.1. The average Bonchev–Trinajstić information content (AvgIpc) is 3.49. The number of rotatable bonds is 9. The van der Waals surface area contributed by atoms with Gasteiger partial charge < -0.3 is 15.7 Å². The Morgan fingerprint density at radius 1 is 1.24 bits per heavy atom. The zero-order valence-electron chi connectivity index (χ0n) is 19.0. The standard InChI is InChI=1S/C26H32FN3O2S/c1-2-7-17(31)8-5-11-22(28)26(32)30-15-6-12-24(30)25-29-23(16-33-25)20-13-14-21(27)19-10-4-3-9-18(19)20/h3-4,9-10,13-14,16-17,22,24,31H,2,5-8,11-12,15,28H2,1H3/t17-,22+,24+/m1/s1. The highest BCUT2D eigenvalue weighted by molar-refractivity contribution is 7.10. The van der Waals surface area contributed by atoms with Crippen LogP contribution in [0.25, 0.3) is 22.0 Å². The first-order valence-electron chi connectivity index (χ1n) is 11.9. The van der Waals surface area contributed by atoms with E-state index < -0.39 is 6.04 Å². The lowest BCUT2D eigenvalue weighted by molar-refractivity contribution is -0.133. The lowest BCUT2D eigenvalue weighted by Crippen LogP contribution is -2.43. The molecular weight excluding hydrogens is 437 g/mol.